The van der Waals surface area contributed by atoms with Gasteiger partial charge in [0, 0.05) is 32.8 Å². The summed E-state index contributed by atoms with van der Waals surface area (Å²) < 4.78 is 148. The van der Waals surface area contributed by atoms with E-state index in [0.717, 1.165) is 10.8 Å². The lowest BCUT2D eigenvalue weighted by Crippen LogP contribution is -2.11. The average molecular weight is 643 g/mol. The molecule has 0 spiro atoms. The van der Waals surface area contributed by atoms with E-state index in [0.29, 0.717) is 27.5 Å². The maximum Gasteiger partial charge on any atom is 0.143 e. The summed E-state index contributed by atoms with van der Waals surface area (Å²) >= 11 is 0. The van der Waals surface area contributed by atoms with Crippen molar-refractivity contribution in [1.29, 1.82) is 0 Å². The average Bonchev–Trinajstić information content (AvgIpc) is 3.90. The van der Waals surface area contributed by atoms with E-state index in [9.17, 15) is 8.22 Å². The van der Waals surface area contributed by atoms with Gasteiger partial charge >= 0.3 is 0 Å². The molecule has 0 aliphatic rings. The second-order valence-corrected chi connectivity index (χ2v) is 11.3. The molecular formula is C46H29NO2. The summed E-state index contributed by atoms with van der Waals surface area (Å²) in [5.41, 5.74) is -1.07. The van der Waals surface area contributed by atoms with Crippen LogP contribution in [0.3, 0.4) is 0 Å². The number of benzene rings is 8. The van der Waals surface area contributed by atoms with Crippen LogP contribution in [0.25, 0.3) is 76.9 Å². The predicted molar refractivity (Wildman–Crippen MR) is 204 cm³/mol. The first-order chi connectivity index (χ1) is 30.6. The smallest absolute Gasteiger partial charge is 0.143 e. The summed E-state index contributed by atoms with van der Waals surface area (Å²) in [6.07, 6.45) is 0. The molecule has 0 saturated carbocycles. The molecule has 230 valence electrons. The van der Waals surface area contributed by atoms with Crippen LogP contribution in [-0.4, -0.2) is 0 Å². The highest BCUT2D eigenvalue weighted by molar-refractivity contribution is 6.20. The zero-order valence-electron chi connectivity index (χ0n) is 40.3. The number of anilines is 3. The molecule has 0 unspecified atom stereocenters. The first-order valence-corrected chi connectivity index (χ1v) is 15.4. The number of hydrogen-bond acceptors (Lipinski definition) is 3. The topological polar surface area (TPSA) is 29.5 Å². The van der Waals surface area contributed by atoms with Gasteiger partial charge in [-0.2, -0.15) is 0 Å². The van der Waals surface area contributed by atoms with E-state index in [-0.39, 0.29) is 27.7 Å². The largest absolute Gasteiger partial charge is 0.456 e. The number of para-hydroxylation sites is 2. The van der Waals surface area contributed by atoms with Crippen molar-refractivity contribution in [2.75, 3.05) is 4.90 Å². The lowest BCUT2D eigenvalue weighted by molar-refractivity contribution is 0.669. The van der Waals surface area contributed by atoms with Crippen molar-refractivity contribution in [3.63, 3.8) is 0 Å². The third-order valence-corrected chi connectivity index (χ3v) is 8.59. The summed E-state index contributed by atoms with van der Waals surface area (Å²) in [5.74, 6) is 0. The summed E-state index contributed by atoms with van der Waals surface area (Å²) in [6.45, 7) is 0. The highest BCUT2D eigenvalue weighted by Crippen LogP contribution is 2.47. The molecule has 3 nitrogen and oxygen atoms in total. The van der Waals surface area contributed by atoms with Gasteiger partial charge in [-0.05, 0) is 70.5 Å². The fraction of sp³-hybridized carbons (Fsp3) is 0. The van der Waals surface area contributed by atoms with Gasteiger partial charge in [0.25, 0.3) is 0 Å². The van der Waals surface area contributed by atoms with Gasteiger partial charge in [-0.3, -0.25) is 0 Å². The standard InChI is InChI=1S/C46H29NO2/c1-2-12-30(13-3-1)34-15-6-8-19-39(34)47(40-20-11-23-43-45(40)38-29-26-31-14-4-5-16-36(31)46(38)49-43)33-27-24-32(25-28-33)35-18-10-22-42-44(35)37-17-7-9-21-41(37)48-42/h1-29H/i6D,7D,8D,9D,10D,15D,17D,18D,19D,21D,22D,24D,25D,27D,28D. The lowest BCUT2D eigenvalue weighted by Gasteiger charge is -2.28. The Morgan fingerprint density at radius 1 is 0.429 bits per heavy atom. The van der Waals surface area contributed by atoms with E-state index in [2.05, 4.69) is 0 Å². The quantitative estimate of drug-likeness (QED) is 0.187. The molecule has 0 aliphatic carbocycles. The lowest BCUT2D eigenvalue weighted by atomic mass is 9.98. The molecule has 0 saturated heterocycles. The Balaban J connectivity index is 1.38. The molecular weight excluding hydrogens is 599 g/mol. The van der Waals surface area contributed by atoms with Gasteiger partial charge in [0.15, 0.2) is 0 Å². The number of nitrogens with zero attached hydrogens (tertiary/aromatic N) is 1. The summed E-state index contributed by atoms with van der Waals surface area (Å²) in [7, 11) is 0. The predicted octanol–water partition coefficient (Wildman–Crippen LogP) is 13.4. The fourth-order valence-corrected chi connectivity index (χ4v) is 6.45. The van der Waals surface area contributed by atoms with Crippen LogP contribution < -0.4 is 4.90 Å². The second-order valence-electron chi connectivity index (χ2n) is 11.3. The van der Waals surface area contributed by atoms with Gasteiger partial charge < -0.3 is 13.7 Å². The molecule has 10 aromatic rings. The van der Waals surface area contributed by atoms with Crippen molar-refractivity contribution in [2.45, 2.75) is 0 Å². The molecule has 0 bridgehead atoms. The summed E-state index contributed by atoms with van der Waals surface area (Å²) in [5, 5.41) is 2.11. The highest BCUT2D eigenvalue weighted by atomic mass is 16.3. The van der Waals surface area contributed by atoms with Crippen LogP contribution in [0.5, 0.6) is 0 Å². The molecule has 0 radical (unpaired) electrons. The third-order valence-electron chi connectivity index (χ3n) is 8.59. The van der Waals surface area contributed by atoms with Crippen LogP contribution in [0.4, 0.5) is 17.1 Å². The van der Waals surface area contributed by atoms with Gasteiger partial charge in [0.2, 0.25) is 0 Å². The zero-order valence-corrected chi connectivity index (χ0v) is 25.3. The van der Waals surface area contributed by atoms with E-state index >= 15 is 0 Å². The number of rotatable bonds is 5. The molecule has 0 fully saturated rings. The van der Waals surface area contributed by atoms with Crippen LogP contribution in [-0.2, 0) is 0 Å². The van der Waals surface area contributed by atoms with E-state index in [1.807, 2.05) is 36.4 Å². The number of hydrogen-bond donors (Lipinski definition) is 0. The van der Waals surface area contributed by atoms with Crippen LogP contribution >= 0.6 is 0 Å². The van der Waals surface area contributed by atoms with E-state index in [1.54, 1.807) is 48.5 Å². The molecule has 0 N–H and O–H groups in total. The molecule has 49 heavy (non-hydrogen) atoms. The van der Waals surface area contributed by atoms with Crippen LogP contribution in [0, 0.1) is 0 Å². The van der Waals surface area contributed by atoms with Crippen molar-refractivity contribution in [2.24, 2.45) is 0 Å². The van der Waals surface area contributed by atoms with E-state index in [1.165, 1.54) is 4.90 Å². The Labute approximate surface area is 303 Å². The van der Waals surface area contributed by atoms with Gasteiger partial charge in [0.1, 0.15) is 22.3 Å². The Morgan fingerprint density at radius 3 is 2.12 bits per heavy atom. The normalized spacial score (nSPS) is 16.0. The van der Waals surface area contributed by atoms with Crippen LogP contribution in [0.1, 0.15) is 20.6 Å². The van der Waals surface area contributed by atoms with Crippen molar-refractivity contribution in [3.8, 4) is 22.3 Å². The monoisotopic (exact) mass is 642 g/mol. The molecule has 3 heteroatoms. The van der Waals surface area contributed by atoms with Gasteiger partial charge in [-0.25, -0.2) is 0 Å². The maximum absolute atomic E-state index is 9.79. The minimum absolute atomic E-state index is 0.0122. The zero-order chi connectivity index (χ0) is 45.4. The Morgan fingerprint density at radius 2 is 1.20 bits per heavy atom. The maximum atomic E-state index is 9.79. The Hall–Kier alpha value is -6.58. The second kappa shape index (κ2) is 11.0. The Bertz CT molecular complexity index is 3670. The molecule has 10 rings (SSSR count). The van der Waals surface area contributed by atoms with E-state index in [4.69, 9.17) is 21.2 Å². The molecule has 8 aromatic carbocycles. The van der Waals surface area contributed by atoms with Gasteiger partial charge in [-0.15, -0.1) is 0 Å². The third kappa shape index (κ3) is 4.37. The first kappa shape index (κ1) is 16.5. The van der Waals surface area contributed by atoms with Gasteiger partial charge in [-0.1, -0.05) is 127 Å². The van der Waals surface area contributed by atoms with Crippen molar-refractivity contribution in [1.82, 2.24) is 0 Å². The minimum Gasteiger partial charge on any atom is -0.456 e. The van der Waals surface area contributed by atoms with Crippen LogP contribution in [0.15, 0.2) is 184 Å². The molecule has 0 aliphatic heterocycles. The molecule has 0 atom stereocenters. The summed E-state index contributed by atoms with van der Waals surface area (Å²) in [6, 6.07) is 14.9. The van der Waals surface area contributed by atoms with Crippen molar-refractivity contribution >= 4 is 71.7 Å². The summed E-state index contributed by atoms with van der Waals surface area (Å²) in [4.78, 5) is 1.28. The van der Waals surface area contributed by atoms with Crippen molar-refractivity contribution in [3.05, 3.63) is 176 Å². The molecule has 0 amide bonds. The number of furan rings is 2. The minimum atomic E-state index is -0.763. The van der Waals surface area contributed by atoms with Crippen LogP contribution in [0.2, 0.25) is 0 Å². The Kier molecular flexibility index (Phi) is 3.70. The highest BCUT2D eigenvalue weighted by Gasteiger charge is 2.23. The first-order valence-electron chi connectivity index (χ1n) is 22.9. The fourth-order valence-electron chi connectivity index (χ4n) is 6.45. The van der Waals surface area contributed by atoms with Gasteiger partial charge in [0.05, 0.1) is 37.3 Å². The molecule has 2 heterocycles. The van der Waals surface area contributed by atoms with Crippen molar-refractivity contribution < 1.29 is 29.4 Å². The van der Waals surface area contributed by atoms with E-state index < -0.39 is 119 Å². The molecule has 2 aromatic heterocycles. The SMILES string of the molecule is [2H]c1c([2H])c([2H])c(N(c2c([2H])c([2H])c(-c3c([2H])c([2H])c([2H])c4oc5c([2H])c([2H])c([2H])c([2H])c5c34)c([2H])c2[2H])c2cccc3oc4c5ccccc5ccc4c23)c(-c2ccccc2)c1[2H]. The number of fused-ring (bicyclic) bond motifs is 8.